The Bertz CT molecular complexity index is 1320. The number of hydrogen-bond acceptors (Lipinski definition) is 4. The lowest BCUT2D eigenvalue weighted by Gasteiger charge is -2.36. The van der Waals surface area contributed by atoms with Crippen LogP contribution in [0, 0.1) is 11.6 Å². The monoisotopic (exact) mass is 549 g/mol. The van der Waals surface area contributed by atoms with E-state index in [9.17, 15) is 23.2 Å². The normalized spacial score (nSPS) is 13.2. The van der Waals surface area contributed by atoms with Crippen molar-refractivity contribution in [3.63, 3.8) is 0 Å². The van der Waals surface area contributed by atoms with Gasteiger partial charge in [-0.3, -0.25) is 9.59 Å². The van der Waals surface area contributed by atoms with E-state index in [2.05, 4.69) is 15.5 Å². The maximum Gasteiger partial charge on any atom is 0.318 e. The lowest BCUT2D eigenvalue weighted by atomic mass is 10.1. The molecule has 0 aliphatic carbocycles. The number of nitrogens with one attached hydrogen (secondary N) is 2. The maximum absolute atomic E-state index is 14.0. The maximum atomic E-state index is 14.0. The fraction of sp³-hybridized carbons (Fsp3) is 0.300. The van der Waals surface area contributed by atoms with Crippen LogP contribution < -0.4 is 15.5 Å². The van der Waals surface area contributed by atoms with Crippen LogP contribution in [0.4, 0.5) is 25.0 Å². The molecule has 4 amide bonds. The highest BCUT2D eigenvalue weighted by molar-refractivity contribution is 5.95. The molecular weight excluding hydrogens is 516 g/mol. The fourth-order valence-corrected chi connectivity index (χ4v) is 4.45. The zero-order chi connectivity index (χ0) is 28.6. The molecule has 0 bridgehead atoms. The molecule has 1 aliphatic heterocycles. The second-order valence-corrected chi connectivity index (χ2v) is 9.94. The summed E-state index contributed by atoms with van der Waals surface area (Å²) in [6, 6.07) is 18.6. The first-order valence-corrected chi connectivity index (χ1v) is 13.2. The van der Waals surface area contributed by atoms with Crippen LogP contribution in [0.3, 0.4) is 0 Å². The van der Waals surface area contributed by atoms with Gasteiger partial charge in [0.25, 0.3) is 5.91 Å². The minimum Gasteiger partial charge on any atom is -0.368 e. The summed E-state index contributed by atoms with van der Waals surface area (Å²) in [5, 5.41) is 5.62. The molecule has 40 heavy (non-hydrogen) atoms. The minimum atomic E-state index is -0.522. The van der Waals surface area contributed by atoms with Crippen molar-refractivity contribution in [2.24, 2.45) is 0 Å². The van der Waals surface area contributed by atoms with Gasteiger partial charge in [0.05, 0.1) is 5.56 Å². The average Bonchev–Trinajstić information content (AvgIpc) is 2.94. The van der Waals surface area contributed by atoms with Crippen molar-refractivity contribution in [3.8, 4) is 0 Å². The molecule has 8 nitrogen and oxygen atoms in total. The Hall–Kier alpha value is -4.47. The van der Waals surface area contributed by atoms with Gasteiger partial charge in [-0.1, -0.05) is 24.3 Å². The summed E-state index contributed by atoms with van der Waals surface area (Å²) in [6.45, 7) is 5.74. The van der Waals surface area contributed by atoms with Crippen molar-refractivity contribution in [1.82, 2.24) is 15.1 Å². The van der Waals surface area contributed by atoms with Crippen LogP contribution in [0.5, 0.6) is 0 Å². The van der Waals surface area contributed by atoms with Crippen molar-refractivity contribution >= 4 is 29.2 Å². The SMILES string of the molecule is CC(C)NC(=O)N(CC(=O)Nc1ccc(N2CCN(C(=O)c3ccccc3F)CC2)cc1)Cc1ccc(F)cc1. The van der Waals surface area contributed by atoms with Crippen LogP contribution in [0.15, 0.2) is 72.8 Å². The number of carbonyl (C=O) groups is 3. The second kappa shape index (κ2) is 13.1. The minimum absolute atomic E-state index is 0.0777. The van der Waals surface area contributed by atoms with Crippen molar-refractivity contribution in [3.05, 3.63) is 95.6 Å². The topological polar surface area (TPSA) is 85.0 Å². The van der Waals surface area contributed by atoms with Gasteiger partial charge in [0.1, 0.15) is 18.2 Å². The molecule has 0 atom stereocenters. The largest absolute Gasteiger partial charge is 0.368 e. The summed E-state index contributed by atoms with van der Waals surface area (Å²) in [5.41, 5.74) is 2.29. The quantitative estimate of drug-likeness (QED) is 0.434. The van der Waals surface area contributed by atoms with Crippen LogP contribution in [0.2, 0.25) is 0 Å². The Morgan fingerprint density at radius 3 is 2.15 bits per heavy atom. The smallest absolute Gasteiger partial charge is 0.318 e. The first-order valence-electron chi connectivity index (χ1n) is 13.2. The molecule has 0 saturated carbocycles. The molecule has 1 saturated heterocycles. The number of hydrogen-bond donors (Lipinski definition) is 2. The fourth-order valence-electron chi connectivity index (χ4n) is 4.45. The molecule has 1 heterocycles. The van der Waals surface area contributed by atoms with E-state index in [-0.39, 0.29) is 42.3 Å². The predicted molar refractivity (Wildman–Crippen MR) is 150 cm³/mol. The lowest BCUT2D eigenvalue weighted by Crippen LogP contribution is -2.49. The van der Waals surface area contributed by atoms with E-state index in [1.165, 1.54) is 29.2 Å². The van der Waals surface area contributed by atoms with Gasteiger partial charge in [-0.2, -0.15) is 0 Å². The number of carbonyl (C=O) groups excluding carboxylic acids is 3. The van der Waals surface area contributed by atoms with Crippen LogP contribution in [-0.4, -0.2) is 66.4 Å². The zero-order valence-electron chi connectivity index (χ0n) is 22.6. The lowest BCUT2D eigenvalue weighted by molar-refractivity contribution is -0.116. The highest BCUT2D eigenvalue weighted by Crippen LogP contribution is 2.21. The number of nitrogens with zero attached hydrogens (tertiary/aromatic N) is 3. The zero-order valence-corrected chi connectivity index (χ0v) is 22.6. The first kappa shape index (κ1) is 28.5. The summed E-state index contributed by atoms with van der Waals surface area (Å²) < 4.78 is 27.3. The molecule has 4 rings (SSSR count). The third-order valence-electron chi connectivity index (χ3n) is 6.51. The molecule has 1 fully saturated rings. The van der Waals surface area contributed by atoms with Gasteiger partial charge in [-0.05, 0) is 67.9 Å². The Morgan fingerprint density at radius 2 is 1.52 bits per heavy atom. The molecule has 210 valence electrons. The Morgan fingerprint density at radius 1 is 0.875 bits per heavy atom. The number of amides is 4. The standard InChI is InChI=1S/C30H33F2N5O3/c1-21(2)33-30(40)37(19-22-7-9-23(31)10-8-22)20-28(38)34-24-11-13-25(14-12-24)35-15-17-36(18-16-35)29(39)26-5-3-4-6-27(26)32/h3-14,21H,15-20H2,1-2H3,(H,33,40)(H,34,38). The van der Waals surface area contributed by atoms with Crippen LogP contribution in [0.1, 0.15) is 29.8 Å². The van der Waals surface area contributed by atoms with Crippen molar-refractivity contribution < 1.29 is 23.2 Å². The highest BCUT2D eigenvalue weighted by atomic mass is 19.1. The molecule has 3 aromatic carbocycles. The van der Waals surface area contributed by atoms with E-state index < -0.39 is 11.8 Å². The second-order valence-electron chi connectivity index (χ2n) is 9.94. The van der Waals surface area contributed by atoms with E-state index >= 15 is 0 Å². The molecule has 2 N–H and O–H groups in total. The van der Waals surface area contributed by atoms with E-state index in [1.807, 2.05) is 26.0 Å². The third kappa shape index (κ3) is 7.56. The van der Waals surface area contributed by atoms with Gasteiger partial charge in [0.15, 0.2) is 0 Å². The van der Waals surface area contributed by atoms with E-state index in [0.717, 1.165) is 5.69 Å². The number of urea groups is 1. The number of benzene rings is 3. The number of anilines is 2. The van der Waals surface area contributed by atoms with Gasteiger partial charge >= 0.3 is 6.03 Å². The number of piperazine rings is 1. The molecule has 0 spiro atoms. The Kier molecular flexibility index (Phi) is 9.31. The van der Waals surface area contributed by atoms with Crippen LogP contribution in [0.25, 0.3) is 0 Å². The summed E-state index contributed by atoms with van der Waals surface area (Å²) in [6.07, 6.45) is 0. The van der Waals surface area contributed by atoms with Crippen molar-refractivity contribution in [2.75, 3.05) is 42.9 Å². The highest BCUT2D eigenvalue weighted by Gasteiger charge is 2.24. The molecule has 0 aromatic heterocycles. The molecule has 10 heteroatoms. The molecule has 0 radical (unpaired) electrons. The van der Waals surface area contributed by atoms with E-state index in [0.29, 0.717) is 37.4 Å². The van der Waals surface area contributed by atoms with Gasteiger partial charge < -0.3 is 25.3 Å². The first-order chi connectivity index (χ1) is 19.2. The summed E-state index contributed by atoms with van der Waals surface area (Å²) >= 11 is 0. The average molecular weight is 550 g/mol. The summed E-state index contributed by atoms with van der Waals surface area (Å²) in [5.74, 6) is -1.58. The van der Waals surface area contributed by atoms with E-state index in [1.54, 1.807) is 41.3 Å². The van der Waals surface area contributed by atoms with Crippen molar-refractivity contribution in [1.29, 1.82) is 0 Å². The Labute approximate surface area is 232 Å². The number of halogens is 2. The van der Waals surface area contributed by atoms with E-state index in [4.69, 9.17) is 0 Å². The van der Waals surface area contributed by atoms with Gasteiger partial charge in [-0.25, -0.2) is 13.6 Å². The number of rotatable bonds is 8. The summed E-state index contributed by atoms with van der Waals surface area (Å²) in [7, 11) is 0. The Balaban J connectivity index is 1.32. The molecule has 3 aromatic rings. The van der Waals surface area contributed by atoms with Gasteiger partial charge in [0, 0.05) is 50.1 Å². The van der Waals surface area contributed by atoms with Crippen molar-refractivity contribution in [2.45, 2.75) is 26.4 Å². The van der Waals surface area contributed by atoms with Gasteiger partial charge in [-0.15, -0.1) is 0 Å². The molecule has 0 unspecified atom stereocenters. The van der Waals surface area contributed by atoms with Gasteiger partial charge in [0.2, 0.25) is 5.91 Å². The molecular formula is C30H33F2N5O3. The predicted octanol–water partition coefficient (Wildman–Crippen LogP) is 4.49. The van der Waals surface area contributed by atoms with Crippen LogP contribution >= 0.6 is 0 Å². The summed E-state index contributed by atoms with van der Waals surface area (Å²) in [4.78, 5) is 43.4. The molecule has 1 aliphatic rings. The third-order valence-corrected chi connectivity index (χ3v) is 6.51. The van der Waals surface area contributed by atoms with Crippen LogP contribution in [-0.2, 0) is 11.3 Å².